The van der Waals surface area contributed by atoms with Crippen molar-refractivity contribution < 1.29 is 25.3 Å². The number of hydrogen-bond donors (Lipinski definition) is 6. The smallest absolute Gasteiger partial charge is 0.256 e. The number of aromatic amines is 3. The normalized spacial score (nSPS) is 12.3. The van der Waals surface area contributed by atoms with E-state index < -0.39 is 44.8 Å². The van der Waals surface area contributed by atoms with Crippen LogP contribution in [0.25, 0.3) is 99.9 Å². The van der Waals surface area contributed by atoms with Crippen molar-refractivity contribution in [2.45, 2.75) is 14.7 Å². The molecule has 0 spiro atoms. The second-order valence-electron chi connectivity index (χ2n) is 17.4. The maximum atomic E-state index is 15.0. The number of aromatic nitrogens is 12. The molecule has 22 nitrogen and oxygen atoms in total. The first-order valence-electron chi connectivity index (χ1n) is 23.1. The maximum Gasteiger partial charge on any atom is 0.256 e. The van der Waals surface area contributed by atoms with Crippen molar-refractivity contribution in [1.82, 2.24) is 80.2 Å². The predicted octanol–water partition coefficient (Wildman–Crippen LogP) is 8.93. The number of hydrazine groups is 3. The van der Waals surface area contributed by atoms with Gasteiger partial charge in [0.25, 0.3) is 30.1 Å². The van der Waals surface area contributed by atoms with Crippen LogP contribution in [-0.4, -0.2) is 91.0 Å². The minimum Gasteiger partial charge on any atom is -0.261 e. The fourth-order valence-electron chi connectivity index (χ4n) is 8.70. The van der Waals surface area contributed by atoms with Gasteiger partial charge in [0.05, 0.1) is 33.3 Å². The van der Waals surface area contributed by atoms with Gasteiger partial charge in [0.15, 0.2) is 16.9 Å². The van der Waals surface area contributed by atoms with Crippen LogP contribution in [0.3, 0.4) is 0 Å². The quantitative estimate of drug-likeness (QED) is 0.0412. The Morgan fingerprint density at radius 2 is 0.608 bits per heavy atom. The summed E-state index contributed by atoms with van der Waals surface area (Å²) in [6, 6.07) is 27.1. The molecule has 0 amide bonds. The fourth-order valence-corrected chi connectivity index (χ4v) is 13.0. The van der Waals surface area contributed by atoms with Crippen molar-refractivity contribution in [3.63, 3.8) is 0 Å². The van der Waals surface area contributed by atoms with E-state index in [4.69, 9.17) is 34.8 Å². The second kappa shape index (κ2) is 20.4. The van der Waals surface area contributed by atoms with Crippen LogP contribution in [0, 0.1) is 0 Å². The number of sulfonamides is 3. The summed E-state index contributed by atoms with van der Waals surface area (Å²) in [5.41, 5.74) is 5.35. The molecule has 0 aliphatic rings. The minimum absolute atomic E-state index is 0.00124. The van der Waals surface area contributed by atoms with Gasteiger partial charge in [0, 0.05) is 120 Å². The number of nitrogens with zero attached hydrogens (tertiary/aromatic N) is 10. The Bertz CT molecular complexity index is 4280. The van der Waals surface area contributed by atoms with Gasteiger partial charge in [-0.2, -0.15) is 15.3 Å². The van der Waals surface area contributed by atoms with E-state index in [0.29, 0.717) is 66.5 Å². The number of benzene rings is 3. The Balaban J connectivity index is 0.943. The van der Waals surface area contributed by atoms with Crippen LogP contribution in [-0.2, 0) is 30.1 Å². The molecule has 0 bridgehead atoms. The number of nitrogens with one attached hydrogen (secondary N) is 6. The van der Waals surface area contributed by atoms with Gasteiger partial charge in [0.2, 0.25) is 0 Å². The molecule has 3 aromatic carbocycles. The molecular formula is C51H33Cl3N16O6S3. The molecule has 0 aliphatic carbocycles. The molecule has 0 unspecified atom stereocenters. The molecular weight excluding hydrogens is 1140 g/mol. The lowest BCUT2D eigenvalue weighted by molar-refractivity contribution is 0.175. The Hall–Kier alpha value is -8.47. The third-order valence-corrected chi connectivity index (χ3v) is 17.4. The van der Waals surface area contributed by atoms with E-state index in [-0.39, 0.29) is 54.1 Å². The van der Waals surface area contributed by atoms with Crippen LogP contribution < -0.4 is 14.5 Å². The Kier molecular flexibility index (Phi) is 13.2. The molecule has 0 fully saturated rings. The van der Waals surface area contributed by atoms with Gasteiger partial charge in [-0.15, -0.1) is 14.5 Å². The van der Waals surface area contributed by atoms with E-state index in [1.54, 1.807) is 91.8 Å². The summed E-state index contributed by atoms with van der Waals surface area (Å²) in [6.07, 6.45) is 14.0. The SMILES string of the molecule is O=S(=O)(NN(NS(=O)(=O)c1ccccc1-c1cc(-c2cnc3[nH]ncc3c2)cnc1Cl)NS(=O)(=O)c1ccccc1-c1cc(-c2cnc3[nH]ncc3c2)cnc1Cl)c1ccccc1-c1cc(-c2cnc3[nH]ncc3c2)cnc1Cl. The topological polar surface area (TPSA) is 305 Å². The molecule has 79 heavy (non-hydrogen) atoms. The van der Waals surface area contributed by atoms with Crippen molar-refractivity contribution >= 4 is 98.0 Å². The molecule has 9 aromatic heterocycles. The summed E-state index contributed by atoms with van der Waals surface area (Å²) < 4.78 is 90.1. The van der Waals surface area contributed by atoms with Crippen LogP contribution in [0.2, 0.25) is 15.5 Å². The van der Waals surface area contributed by atoms with E-state index in [2.05, 4.69) is 75.0 Å². The van der Waals surface area contributed by atoms with Gasteiger partial charge in [-0.3, -0.25) is 15.3 Å². The van der Waals surface area contributed by atoms with E-state index in [1.807, 2.05) is 0 Å². The van der Waals surface area contributed by atoms with Crippen LogP contribution >= 0.6 is 34.8 Å². The number of halogens is 3. The number of H-pyrrole nitrogens is 3. The first kappa shape index (κ1) is 51.3. The summed E-state index contributed by atoms with van der Waals surface area (Å²) in [5.74, 6) is 0. The zero-order valence-electron chi connectivity index (χ0n) is 39.9. The Morgan fingerprint density at radius 3 is 0.911 bits per heavy atom. The van der Waals surface area contributed by atoms with Crippen molar-refractivity contribution in [1.29, 1.82) is 0 Å². The fraction of sp³-hybridized carbons (Fsp3) is 0. The van der Waals surface area contributed by atoms with Gasteiger partial charge in [-0.05, 0) is 54.6 Å². The molecule has 392 valence electrons. The minimum atomic E-state index is -5.07. The predicted molar refractivity (Wildman–Crippen MR) is 296 cm³/mol. The van der Waals surface area contributed by atoms with E-state index in [1.165, 1.54) is 73.2 Å². The highest BCUT2D eigenvalue weighted by Crippen LogP contribution is 2.39. The first-order chi connectivity index (χ1) is 38.1. The first-order valence-corrected chi connectivity index (χ1v) is 28.7. The van der Waals surface area contributed by atoms with Gasteiger partial charge in [0.1, 0.15) is 15.5 Å². The average Bonchev–Trinajstić information content (AvgIpc) is 4.33. The highest BCUT2D eigenvalue weighted by Gasteiger charge is 2.33. The van der Waals surface area contributed by atoms with Gasteiger partial charge < -0.3 is 0 Å². The van der Waals surface area contributed by atoms with Crippen molar-refractivity contribution in [2.24, 2.45) is 0 Å². The van der Waals surface area contributed by atoms with E-state index in [0.717, 1.165) is 0 Å². The largest absolute Gasteiger partial charge is 0.261 e. The van der Waals surface area contributed by atoms with Crippen LogP contribution in [0.15, 0.2) is 180 Å². The third kappa shape index (κ3) is 10.1. The highest BCUT2D eigenvalue weighted by atomic mass is 35.5. The molecule has 0 aliphatic heterocycles. The Morgan fingerprint density at radius 1 is 0.342 bits per heavy atom. The maximum absolute atomic E-state index is 15.0. The molecule has 12 rings (SSSR count). The van der Waals surface area contributed by atoms with Crippen molar-refractivity contribution in [3.05, 3.63) is 180 Å². The van der Waals surface area contributed by atoms with Crippen LogP contribution in [0.1, 0.15) is 0 Å². The second-order valence-corrected chi connectivity index (χ2v) is 23.4. The summed E-state index contributed by atoms with van der Waals surface area (Å²) in [5, 5.41) is 22.4. The lowest BCUT2D eigenvalue weighted by Gasteiger charge is -2.25. The number of rotatable bonds is 15. The molecule has 0 atom stereocenters. The lowest BCUT2D eigenvalue weighted by Crippen LogP contribution is -2.60. The third-order valence-electron chi connectivity index (χ3n) is 12.4. The lowest BCUT2D eigenvalue weighted by atomic mass is 10.0. The number of fused-ring (bicyclic) bond motifs is 3. The van der Waals surface area contributed by atoms with Gasteiger partial charge in [-0.1, -0.05) is 94.6 Å². The van der Waals surface area contributed by atoms with Gasteiger partial charge >= 0.3 is 0 Å². The number of pyridine rings is 6. The summed E-state index contributed by atoms with van der Waals surface area (Å²) >= 11 is 20.2. The van der Waals surface area contributed by atoms with Gasteiger partial charge in [-0.25, -0.2) is 55.2 Å². The standard InChI is InChI=1S/C51H33Cl3N16O6S3/c52-46-40(16-31(19-55-46)28-13-34-25-61-64-49(34)58-22-28)37-7-1-4-10-43(37)77(71,72)67-70(68-78(73,74)44-11-5-2-8-38(44)41-17-32(20-56-47(41)53)29-14-35-26-62-65-50(35)59-23-29)69-79(75,76)45-12-6-3-9-39(45)42-18-33(21-57-48(42)54)30-15-36-27-63-66-51(36)60-24-30/h1-27,67-69H,(H,58,61,64)(H,59,62,65)(H,60,63,66). The van der Waals surface area contributed by atoms with E-state index >= 15 is 25.3 Å². The molecule has 0 radical (unpaired) electrons. The van der Waals surface area contributed by atoms with Crippen molar-refractivity contribution in [2.75, 3.05) is 0 Å². The molecule has 12 aromatic rings. The summed E-state index contributed by atoms with van der Waals surface area (Å²) in [4.78, 5) is 31.2. The molecule has 6 N–H and O–H groups in total. The Labute approximate surface area is 462 Å². The number of hydrogen-bond acceptors (Lipinski definition) is 16. The molecule has 0 saturated carbocycles. The molecule has 9 heterocycles. The van der Waals surface area contributed by atoms with E-state index in [9.17, 15) is 0 Å². The monoisotopic (exact) mass is 1170 g/mol. The zero-order chi connectivity index (χ0) is 54.6. The highest BCUT2D eigenvalue weighted by molar-refractivity contribution is 7.91. The summed E-state index contributed by atoms with van der Waals surface area (Å²) in [7, 11) is -15.2. The van der Waals surface area contributed by atoms with Crippen molar-refractivity contribution in [3.8, 4) is 66.8 Å². The molecule has 0 saturated heterocycles. The van der Waals surface area contributed by atoms with Crippen LogP contribution in [0.5, 0.6) is 0 Å². The average molecular weight is 1170 g/mol. The molecule has 28 heteroatoms. The summed E-state index contributed by atoms with van der Waals surface area (Å²) in [6.45, 7) is 0. The zero-order valence-corrected chi connectivity index (χ0v) is 44.6. The van der Waals surface area contributed by atoms with Crippen LogP contribution in [0.4, 0.5) is 0 Å².